The second-order valence-corrected chi connectivity index (χ2v) is 6.66. The Morgan fingerprint density at radius 2 is 2.05 bits per heavy atom. The number of rotatable bonds is 5. The maximum atomic E-state index is 12.2. The zero-order valence-electron chi connectivity index (χ0n) is 12.7. The van der Waals surface area contributed by atoms with Crippen LogP contribution in [-0.4, -0.2) is 42.4 Å². The summed E-state index contributed by atoms with van der Waals surface area (Å²) in [7, 11) is 0. The van der Waals surface area contributed by atoms with Crippen LogP contribution in [0.25, 0.3) is 0 Å². The van der Waals surface area contributed by atoms with Crippen LogP contribution in [0.5, 0.6) is 0 Å². The Morgan fingerprint density at radius 1 is 1.36 bits per heavy atom. The minimum atomic E-state index is -0.158. The van der Waals surface area contributed by atoms with E-state index < -0.39 is 0 Å². The van der Waals surface area contributed by atoms with Gasteiger partial charge in [0.05, 0.1) is 0 Å². The van der Waals surface area contributed by atoms with Crippen molar-refractivity contribution in [3.63, 3.8) is 0 Å². The second kappa shape index (κ2) is 7.74. The van der Waals surface area contributed by atoms with Crippen LogP contribution in [0.1, 0.15) is 30.1 Å². The molecule has 0 bridgehead atoms. The third kappa shape index (κ3) is 4.30. The molecule has 0 saturated carbocycles. The monoisotopic (exact) mass is 367 g/mol. The first kappa shape index (κ1) is 17.0. The molecule has 2 amide bonds. The van der Waals surface area contributed by atoms with Crippen LogP contribution in [-0.2, 0) is 4.79 Å². The van der Waals surface area contributed by atoms with Gasteiger partial charge in [-0.1, -0.05) is 15.9 Å². The van der Waals surface area contributed by atoms with Crippen LogP contribution >= 0.6 is 15.9 Å². The number of nitrogens with zero attached hydrogens (tertiary/aromatic N) is 1. The molecule has 1 heterocycles. The molecule has 1 aromatic carbocycles. The third-order valence-electron chi connectivity index (χ3n) is 4.05. The lowest BCUT2D eigenvalue weighted by molar-refractivity contribution is -0.131. The van der Waals surface area contributed by atoms with Gasteiger partial charge >= 0.3 is 0 Å². The van der Waals surface area contributed by atoms with Gasteiger partial charge in [-0.15, -0.1) is 0 Å². The van der Waals surface area contributed by atoms with Crippen molar-refractivity contribution < 1.29 is 9.59 Å². The number of hydrogen-bond acceptors (Lipinski definition) is 3. The van der Waals surface area contributed by atoms with Gasteiger partial charge < -0.3 is 16.0 Å². The maximum Gasteiger partial charge on any atom is 0.251 e. The lowest BCUT2D eigenvalue weighted by Gasteiger charge is -2.21. The predicted octanol–water partition coefficient (Wildman–Crippen LogP) is 1.76. The van der Waals surface area contributed by atoms with Crippen LogP contribution in [0.15, 0.2) is 28.7 Å². The van der Waals surface area contributed by atoms with E-state index in [0.29, 0.717) is 31.0 Å². The molecule has 6 heteroatoms. The smallest absolute Gasteiger partial charge is 0.251 e. The molecule has 5 nitrogen and oxygen atoms in total. The molecule has 22 heavy (non-hydrogen) atoms. The summed E-state index contributed by atoms with van der Waals surface area (Å²) in [6.45, 7) is 3.75. The topological polar surface area (TPSA) is 75.4 Å². The van der Waals surface area contributed by atoms with Crippen molar-refractivity contribution in [2.75, 3.05) is 19.6 Å². The first-order valence-electron chi connectivity index (χ1n) is 7.54. The lowest BCUT2D eigenvalue weighted by Crippen LogP contribution is -2.37. The fourth-order valence-corrected chi connectivity index (χ4v) is 3.05. The highest BCUT2D eigenvalue weighted by atomic mass is 79.9. The molecule has 1 aliphatic heterocycles. The molecule has 0 radical (unpaired) electrons. The Bertz CT molecular complexity index is 533. The number of amides is 2. The summed E-state index contributed by atoms with van der Waals surface area (Å²) in [6, 6.07) is 7.37. The van der Waals surface area contributed by atoms with Gasteiger partial charge in [0.1, 0.15) is 0 Å². The van der Waals surface area contributed by atoms with Gasteiger partial charge in [-0.2, -0.15) is 0 Å². The predicted molar refractivity (Wildman–Crippen MR) is 89.4 cm³/mol. The van der Waals surface area contributed by atoms with E-state index >= 15 is 0 Å². The van der Waals surface area contributed by atoms with Crippen LogP contribution in [0.2, 0.25) is 0 Å². The van der Waals surface area contributed by atoms with Gasteiger partial charge in [0.2, 0.25) is 5.91 Å². The van der Waals surface area contributed by atoms with Crippen molar-refractivity contribution in [1.29, 1.82) is 0 Å². The van der Waals surface area contributed by atoms with Crippen LogP contribution in [0.4, 0.5) is 0 Å². The van der Waals surface area contributed by atoms with Crippen molar-refractivity contribution in [3.05, 3.63) is 34.3 Å². The molecule has 0 spiro atoms. The minimum absolute atomic E-state index is 0.0829. The summed E-state index contributed by atoms with van der Waals surface area (Å²) in [6.07, 6.45) is 1.29. The first-order valence-corrected chi connectivity index (χ1v) is 8.34. The van der Waals surface area contributed by atoms with Gasteiger partial charge in [-0.3, -0.25) is 9.59 Å². The summed E-state index contributed by atoms with van der Waals surface area (Å²) in [4.78, 5) is 26.0. The highest BCUT2D eigenvalue weighted by Gasteiger charge is 2.31. The van der Waals surface area contributed by atoms with Crippen molar-refractivity contribution in [2.24, 2.45) is 11.7 Å². The van der Waals surface area contributed by atoms with E-state index in [0.717, 1.165) is 17.4 Å². The average Bonchev–Trinajstić information content (AvgIpc) is 2.89. The average molecular weight is 368 g/mol. The van der Waals surface area contributed by atoms with Crippen LogP contribution in [0, 0.1) is 5.92 Å². The molecule has 3 N–H and O–H groups in total. The molecule has 2 atom stereocenters. The van der Waals surface area contributed by atoms with E-state index in [1.54, 1.807) is 12.1 Å². The van der Waals surface area contributed by atoms with Crippen molar-refractivity contribution in [1.82, 2.24) is 10.2 Å². The number of nitrogens with two attached hydrogens (primary N) is 1. The van der Waals surface area contributed by atoms with Gasteiger partial charge in [-0.25, -0.2) is 0 Å². The molecule has 0 aliphatic carbocycles. The Hall–Kier alpha value is -1.40. The zero-order chi connectivity index (χ0) is 16.1. The number of likely N-dealkylation sites (tertiary alicyclic amines) is 1. The molecule has 1 fully saturated rings. The van der Waals surface area contributed by atoms with E-state index in [1.165, 1.54) is 0 Å². The van der Waals surface area contributed by atoms with E-state index in [9.17, 15) is 9.59 Å². The summed E-state index contributed by atoms with van der Waals surface area (Å²) in [5, 5.41) is 2.79. The second-order valence-electron chi connectivity index (χ2n) is 5.75. The SMILES string of the molecule is CC1CC(CN)CN1C(=O)CCNC(=O)c1ccc(Br)cc1. The molecule has 2 unspecified atom stereocenters. The lowest BCUT2D eigenvalue weighted by atomic mass is 10.1. The highest BCUT2D eigenvalue weighted by molar-refractivity contribution is 9.10. The molecular formula is C16H22BrN3O2. The largest absolute Gasteiger partial charge is 0.352 e. The Kier molecular flexibility index (Phi) is 5.97. The van der Waals surface area contributed by atoms with Crippen molar-refractivity contribution in [2.45, 2.75) is 25.8 Å². The number of nitrogens with one attached hydrogen (secondary N) is 1. The van der Waals surface area contributed by atoms with E-state index in [-0.39, 0.29) is 17.9 Å². The van der Waals surface area contributed by atoms with Gasteiger partial charge in [-0.05, 0) is 50.1 Å². The summed E-state index contributed by atoms with van der Waals surface area (Å²) >= 11 is 3.33. The van der Waals surface area contributed by atoms with Crippen LogP contribution in [0.3, 0.4) is 0 Å². The number of hydrogen-bond donors (Lipinski definition) is 2. The zero-order valence-corrected chi connectivity index (χ0v) is 14.3. The molecule has 2 rings (SSSR count). The number of carbonyl (C=O) groups is 2. The summed E-state index contributed by atoms with van der Waals surface area (Å²) in [5.74, 6) is 0.325. The standard InChI is InChI=1S/C16H22BrN3O2/c1-11-8-12(9-18)10-20(11)15(21)6-7-19-16(22)13-2-4-14(17)5-3-13/h2-5,11-12H,6-10,18H2,1H3,(H,19,22). The van der Waals surface area contributed by atoms with Crippen molar-refractivity contribution >= 4 is 27.7 Å². The Balaban J connectivity index is 1.77. The molecule has 1 saturated heterocycles. The minimum Gasteiger partial charge on any atom is -0.352 e. The Morgan fingerprint density at radius 3 is 2.64 bits per heavy atom. The fourth-order valence-electron chi connectivity index (χ4n) is 2.79. The summed E-state index contributed by atoms with van der Waals surface area (Å²) < 4.78 is 0.928. The van der Waals surface area contributed by atoms with Crippen LogP contribution < -0.4 is 11.1 Å². The molecule has 1 aliphatic rings. The number of carbonyl (C=O) groups excluding carboxylic acids is 2. The highest BCUT2D eigenvalue weighted by Crippen LogP contribution is 2.22. The fraction of sp³-hybridized carbons (Fsp3) is 0.500. The van der Waals surface area contributed by atoms with E-state index in [2.05, 4.69) is 21.2 Å². The third-order valence-corrected chi connectivity index (χ3v) is 4.57. The van der Waals surface area contributed by atoms with E-state index in [1.807, 2.05) is 24.0 Å². The number of halogens is 1. The Labute approximate surface area is 139 Å². The molecule has 120 valence electrons. The summed E-state index contributed by atoms with van der Waals surface area (Å²) in [5.41, 5.74) is 6.27. The number of benzene rings is 1. The quantitative estimate of drug-likeness (QED) is 0.832. The first-order chi connectivity index (χ1) is 10.5. The molecule has 1 aromatic rings. The normalized spacial score (nSPS) is 21.0. The van der Waals surface area contributed by atoms with Gasteiger partial charge in [0, 0.05) is 35.6 Å². The van der Waals surface area contributed by atoms with Gasteiger partial charge in [0.25, 0.3) is 5.91 Å². The van der Waals surface area contributed by atoms with Crippen molar-refractivity contribution in [3.8, 4) is 0 Å². The van der Waals surface area contributed by atoms with E-state index in [4.69, 9.17) is 5.73 Å². The molecular weight excluding hydrogens is 346 g/mol. The van der Waals surface area contributed by atoms with Gasteiger partial charge in [0.15, 0.2) is 0 Å². The maximum absolute atomic E-state index is 12.2. The molecule has 0 aromatic heterocycles.